The zero-order valence-electron chi connectivity index (χ0n) is 8.62. The summed E-state index contributed by atoms with van der Waals surface area (Å²) < 4.78 is 5.20. The summed E-state index contributed by atoms with van der Waals surface area (Å²) in [5.74, 6) is 0.902. The maximum atomic E-state index is 5.20. The SMILES string of the molecule is COCC(C)N1CC[C@@H]2CNC[C@@H]21. The standard InChI is InChI=1S/C10H20N2O/c1-8(7-13-2)12-4-3-9-5-11-6-10(9)12/h8-11H,3-7H2,1-2H3/t8?,9-,10+/m1/s1. The molecular weight excluding hydrogens is 164 g/mol. The quantitative estimate of drug-likeness (QED) is 0.683. The van der Waals surface area contributed by atoms with E-state index in [0.717, 1.165) is 18.6 Å². The molecule has 1 unspecified atom stereocenters. The Labute approximate surface area is 80.4 Å². The molecule has 0 aromatic rings. The van der Waals surface area contributed by atoms with E-state index < -0.39 is 0 Å². The number of rotatable bonds is 3. The van der Waals surface area contributed by atoms with E-state index in [9.17, 15) is 0 Å². The summed E-state index contributed by atoms with van der Waals surface area (Å²) in [4.78, 5) is 2.61. The second-order valence-corrected chi connectivity index (χ2v) is 4.32. The number of nitrogens with zero attached hydrogens (tertiary/aromatic N) is 1. The molecule has 2 aliphatic rings. The van der Waals surface area contributed by atoms with Crippen molar-refractivity contribution in [3.05, 3.63) is 0 Å². The van der Waals surface area contributed by atoms with E-state index in [4.69, 9.17) is 4.74 Å². The van der Waals surface area contributed by atoms with E-state index in [1.54, 1.807) is 7.11 Å². The van der Waals surface area contributed by atoms with Crippen LogP contribution in [-0.4, -0.2) is 50.3 Å². The average Bonchev–Trinajstić information content (AvgIpc) is 2.62. The molecule has 2 heterocycles. The Kier molecular flexibility index (Phi) is 2.86. The van der Waals surface area contributed by atoms with Crippen LogP contribution in [0.15, 0.2) is 0 Å². The van der Waals surface area contributed by atoms with Crippen molar-refractivity contribution in [2.45, 2.75) is 25.4 Å². The van der Waals surface area contributed by atoms with Gasteiger partial charge in [-0.2, -0.15) is 0 Å². The fraction of sp³-hybridized carbons (Fsp3) is 1.00. The maximum Gasteiger partial charge on any atom is 0.0615 e. The average molecular weight is 184 g/mol. The summed E-state index contributed by atoms with van der Waals surface area (Å²) >= 11 is 0. The van der Waals surface area contributed by atoms with Gasteiger partial charge in [0.2, 0.25) is 0 Å². The van der Waals surface area contributed by atoms with E-state index in [2.05, 4.69) is 17.1 Å². The van der Waals surface area contributed by atoms with Crippen LogP contribution in [0.1, 0.15) is 13.3 Å². The molecule has 0 spiro atoms. The van der Waals surface area contributed by atoms with Crippen LogP contribution >= 0.6 is 0 Å². The second-order valence-electron chi connectivity index (χ2n) is 4.32. The van der Waals surface area contributed by atoms with E-state index >= 15 is 0 Å². The highest BCUT2D eigenvalue weighted by Crippen LogP contribution is 2.28. The topological polar surface area (TPSA) is 24.5 Å². The minimum atomic E-state index is 0.583. The summed E-state index contributed by atoms with van der Waals surface area (Å²) in [5.41, 5.74) is 0. The Hall–Kier alpha value is -0.120. The van der Waals surface area contributed by atoms with Crippen LogP contribution in [0.5, 0.6) is 0 Å². The smallest absolute Gasteiger partial charge is 0.0615 e. The minimum Gasteiger partial charge on any atom is -0.383 e. The van der Waals surface area contributed by atoms with Crippen LogP contribution in [0.2, 0.25) is 0 Å². The van der Waals surface area contributed by atoms with Crippen molar-refractivity contribution in [1.29, 1.82) is 0 Å². The van der Waals surface area contributed by atoms with E-state index in [-0.39, 0.29) is 0 Å². The van der Waals surface area contributed by atoms with Gasteiger partial charge < -0.3 is 10.1 Å². The first-order valence-electron chi connectivity index (χ1n) is 5.28. The first-order valence-corrected chi connectivity index (χ1v) is 5.28. The molecule has 2 aliphatic heterocycles. The van der Waals surface area contributed by atoms with Crippen molar-refractivity contribution < 1.29 is 4.74 Å². The molecule has 2 saturated heterocycles. The Morgan fingerprint density at radius 2 is 2.38 bits per heavy atom. The highest BCUT2D eigenvalue weighted by molar-refractivity contribution is 4.96. The fourth-order valence-electron chi connectivity index (χ4n) is 2.77. The molecular formula is C10H20N2O. The number of ether oxygens (including phenoxy) is 1. The lowest BCUT2D eigenvalue weighted by atomic mass is 10.0. The zero-order valence-corrected chi connectivity index (χ0v) is 8.62. The molecule has 0 amide bonds. The number of nitrogens with one attached hydrogen (secondary N) is 1. The molecule has 2 fully saturated rings. The lowest BCUT2D eigenvalue weighted by molar-refractivity contribution is 0.0916. The predicted octanol–water partition coefficient (Wildman–Crippen LogP) is 0.315. The fourth-order valence-corrected chi connectivity index (χ4v) is 2.77. The van der Waals surface area contributed by atoms with Crippen molar-refractivity contribution in [2.75, 3.05) is 33.4 Å². The van der Waals surface area contributed by atoms with Crippen LogP contribution in [0.25, 0.3) is 0 Å². The third-order valence-electron chi connectivity index (χ3n) is 3.46. The van der Waals surface area contributed by atoms with E-state index in [1.807, 2.05) is 0 Å². The summed E-state index contributed by atoms with van der Waals surface area (Å²) in [7, 11) is 1.79. The van der Waals surface area contributed by atoms with Gasteiger partial charge in [-0.25, -0.2) is 0 Å². The molecule has 3 heteroatoms. The molecule has 0 aliphatic carbocycles. The van der Waals surface area contributed by atoms with Gasteiger partial charge in [-0.15, -0.1) is 0 Å². The Bertz CT molecular complexity index is 174. The van der Waals surface area contributed by atoms with Crippen LogP contribution in [0, 0.1) is 5.92 Å². The van der Waals surface area contributed by atoms with Gasteiger partial charge in [0.15, 0.2) is 0 Å². The molecule has 0 aromatic carbocycles. The van der Waals surface area contributed by atoms with Crippen LogP contribution in [0.3, 0.4) is 0 Å². The number of likely N-dealkylation sites (tertiary alicyclic amines) is 1. The number of fused-ring (bicyclic) bond motifs is 1. The Morgan fingerprint density at radius 1 is 1.54 bits per heavy atom. The highest BCUT2D eigenvalue weighted by Gasteiger charge is 2.39. The molecule has 2 rings (SSSR count). The van der Waals surface area contributed by atoms with Crippen LogP contribution in [0.4, 0.5) is 0 Å². The van der Waals surface area contributed by atoms with Crippen LogP contribution < -0.4 is 5.32 Å². The largest absolute Gasteiger partial charge is 0.383 e. The van der Waals surface area contributed by atoms with Gasteiger partial charge in [0.05, 0.1) is 6.61 Å². The van der Waals surface area contributed by atoms with Crippen molar-refractivity contribution in [3.63, 3.8) is 0 Å². The minimum absolute atomic E-state index is 0.583. The Morgan fingerprint density at radius 3 is 3.15 bits per heavy atom. The van der Waals surface area contributed by atoms with Gasteiger partial charge >= 0.3 is 0 Å². The Balaban J connectivity index is 1.92. The number of hydrogen-bond acceptors (Lipinski definition) is 3. The van der Waals surface area contributed by atoms with Gasteiger partial charge in [-0.3, -0.25) is 4.90 Å². The monoisotopic (exact) mass is 184 g/mol. The number of methoxy groups -OCH3 is 1. The lowest BCUT2D eigenvalue weighted by Crippen LogP contribution is -2.42. The summed E-state index contributed by atoms with van der Waals surface area (Å²) in [6, 6.07) is 1.37. The normalized spacial score (nSPS) is 36.5. The van der Waals surface area contributed by atoms with Gasteiger partial charge in [-0.1, -0.05) is 0 Å². The predicted molar refractivity (Wildman–Crippen MR) is 52.8 cm³/mol. The second kappa shape index (κ2) is 3.95. The van der Waals surface area contributed by atoms with Crippen molar-refractivity contribution >= 4 is 0 Å². The molecule has 76 valence electrons. The van der Waals surface area contributed by atoms with Gasteiger partial charge in [0.25, 0.3) is 0 Å². The van der Waals surface area contributed by atoms with Crippen molar-refractivity contribution in [3.8, 4) is 0 Å². The third-order valence-corrected chi connectivity index (χ3v) is 3.46. The van der Waals surface area contributed by atoms with Gasteiger partial charge in [-0.05, 0) is 32.4 Å². The molecule has 0 saturated carbocycles. The first kappa shape index (κ1) is 9.44. The molecule has 3 atom stereocenters. The lowest BCUT2D eigenvalue weighted by Gasteiger charge is -2.29. The van der Waals surface area contributed by atoms with Crippen molar-refractivity contribution in [1.82, 2.24) is 10.2 Å². The molecule has 0 bridgehead atoms. The maximum absolute atomic E-state index is 5.20. The van der Waals surface area contributed by atoms with Gasteiger partial charge in [0, 0.05) is 25.7 Å². The van der Waals surface area contributed by atoms with Crippen LogP contribution in [-0.2, 0) is 4.74 Å². The first-order chi connectivity index (χ1) is 6.33. The summed E-state index contributed by atoms with van der Waals surface area (Å²) in [5, 5.41) is 3.47. The summed E-state index contributed by atoms with van der Waals surface area (Å²) in [6.07, 6.45) is 1.37. The third kappa shape index (κ3) is 1.73. The van der Waals surface area contributed by atoms with E-state index in [1.165, 1.54) is 26.1 Å². The summed E-state index contributed by atoms with van der Waals surface area (Å²) in [6.45, 7) is 6.80. The van der Waals surface area contributed by atoms with E-state index in [0.29, 0.717) is 6.04 Å². The van der Waals surface area contributed by atoms with Gasteiger partial charge in [0.1, 0.15) is 0 Å². The molecule has 1 N–H and O–H groups in total. The zero-order chi connectivity index (χ0) is 9.26. The molecule has 0 aromatic heterocycles. The molecule has 13 heavy (non-hydrogen) atoms. The highest BCUT2D eigenvalue weighted by atomic mass is 16.5. The number of hydrogen-bond donors (Lipinski definition) is 1. The van der Waals surface area contributed by atoms with Crippen molar-refractivity contribution in [2.24, 2.45) is 5.92 Å². The molecule has 0 radical (unpaired) electrons. The molecule has 3 nitrogen and oxygen atoms in total.